The molecule has 0 radical (unpaired) electrons. The van der Waals surface area contributed by atoms with Crippen LogP contribution in [0.25, 0.3) is 22.0 Å². The van der Waals surface area contributed by atoms with Crippen LogP contribution in [0.5, 0.6) is 5.75 Å². The maximum Gasteiger partial charge on any atom is 0.141 e. The molecule has 46 heavy (non-hydrogen) atoms. The Morgan fingerprint density at radius 3 is 2.63 bits per heavy atom. The molecular formula is C34H38ClFN6O4. The minimum absolute atomic E-state index is 0.00961. The van der Waals surface area contributed by atoms with Gasteiger partial charge in [-0.05, 0) is 79.3 Å². The molecular weight excluding hydrogens is 611 g/mol. The summed E-state index contributed by atoms with van der Waals surface area (Å²) in [6, 6.07) is 18.5. The Bertz CT molecular complexity index is 1750. The van der Waals surface area contributed by atoms with Gasteiger partial charge < -0.3 is 40.2 Å². The van der Waals surface area contributed by atoms with Crippen molar-refractivity contribution in [1.29, 1.82) is 0 Å². The van der Waals surface area contributed by atoms with Gasteiger partial charge >= 0.3 is 0 Å². The predicted molar refractivity (Wildman–Crippen MR) is 178 cm³/mol. The van der Waals surface area contributed by atoms with Gasteiger partial charge in [0.25, 0.3) is 0 Å². The highest BCUT2D eigenvalue weighted by Crippen LogP contribution is 2.33. The molecule has 0 aliphatic carbocycles. The van der Waals surface area contributed by atoms with E-state index in [1.807, 2.05) is 59.2 Å². The van der Waals surface area contributed by atoms with Crippen LogP contribution >= 0.6 is 11.6 Å². The SMILES string of the molecule is CNC(CO)C(C(O)CN(C)CCO)n1ccc(-c2ccc3ncnc(Nc4ccc(OCc5cccc(F)c5)c(Cl)c4)c3c2)c1. The van der Waals surface area contributed by atoms with Crippen LogP contribution in [-0.2, 0) is 6.61 Å². The molecule has 2 heterocycles. The summed E-state index contributed by atoms with van der Waals surface area (Å²) in [5.41, 5.74) is 3.97. The second-order valence-electron chi connectivity index (χ2n) is 11.1. The van der Waals surface area contributed by atoms with Gasteiger partial charge in [-0.2, -0.15) is 0 Å². The van der Waals surface area contributed by atoms with Crippen LogP contribution in [0.2, 0.25) is 5.02 Å². The zero-order valence-corrected chi connectivity index (χ0v) is 26.4. The van der Waals surface area contributed by atoms with Crippen LogP contribution in [0.4, 0.5) is 15.9 Å². The predicted octanol–water partition coefficient (Wildman–Crippen LogP) is 4.62. The number of nitrogens with zero attached hydrogens (tertiary/aromatic N) is 4. The largest absolute Gasteiger partial charge is 0.487 e. The van der Waals surface area contributed by atoms with E-state index in [2.05, 4.69) is 20.6 Å². The van der Waals surface area contributed by atoms with Crippen molar-refractivity contribution in [3.63, 3.8) is 0 Å². The molecule has 2 aromatic heterocycles. The topological polar surface area (TPSA) is 128 Å². The summed E-state index contributed by atoms with van der Waals surface area (Å²) in [5.74, 6) is 0.738. The van der Waals surface area contributed by atoms with E-state index in [0.717, 1.165) is 22.0 Å². The third kappa shape index (κ3) is 8.00. The number of aliphatic hydroxyl groups excluding tert-OH is 3. The van der Waals surface area contributed by atoms with Crippen LogP contribution in [0.3, 0.4) is 0 Å². The van der Waals surface area contributed by atoms with Crippen molar-refractivity contribution >= 4 is 34.0 Å². The Morgan fingerprint density at radius 1 is 1.04 bits per heavy atom. The van der Waals surface area contributed by atoms with E-state index in [9.17, 15) is 19.7 Å². The Kier molecular flexibility index (Phi) is 11.2. The van der Waals surface area contributed by atoms with E-state index in [0.29, 0.717) is 40.9 Å². The molecule has 0 saturated carbocycles. The first-order chi connectivity index (χ1) is 22.3. The number of rotatable bonds is 15. The Balaban J connectivity index is 1.37. The molecule has 3 aromatic carbocycles. The number of halogens is 2. The van der Waals surface area contributed by atoms with Crippen LogP contribution in [-0.4, -0.2) is 87.3 Å². The average Bonchev–Trinajstić information content (AvgIpc) is 3.53. The fraction of sp³-hybridized carbons (Fsp3) is 0.294. The number of aliphatic hydroxyl groups is 3. The lowest BCUT2D eigenvalue weighted by atomic mass is 10.0. The summed E-state index contributed by atoms with van der Waals surface area (Å²) in [6.07, 6.45) is 4.51. The third-order valence-electron chi connectivity index (χ3n) is 7.86. The average molecular weight is 649 g/mol. The number of hydrogen-bond acceptors (Lipinski definition) is 9. The molecule has 242 valence electrons. The van der Waals surface area contributed by atoms with Gasteiger partial charge in [0.05, 0.1) is 41.9 Å². The molecule has 10 nitrogen and oxygen atoms in total. The van der Waals surface area contributed by atoms with Crippen molar-refractivity contribution in [2.75, 3.05) is 45.7 Å². The number of hydrogen-bond donors (Lipinski definition) is 5. The van der Waals surface area contributed by atoms with Crippen LogP contribution < -0.4 is 15.4 Å². The third-order valence-corrected chi connectivity index (χ3v) is 8.16. The Morgan fingerprint density at radius 2 is 1.89 bits per heavy atom. The molecule has 0 saturated heterocycles. The van der Waals surface area contributed by atoms with Gasteiger partial charge in [0.2, 0.25) is 0 Å². The molecule has 5 rings (SSSR count). The summed E-state index contributed by atoms with van der Waals surface area (Å²) in [5, 5.41) is 38.1. The second kappa shape index (κ2) is 15.5. The number of anilines is 2. The number of ether oxygens (including phenoxy) is 1. The van der Waals surface area contributed by atoms with Gasteiger partial charge in [0.1, 0.15) is 30.3 Å². The molecule has 0 aliphatic rings. The highest BCUT2D eigenvalue weighted by Gasteiger charge is 2.29. The van der Waals surface area contributed by atoms with E-state index in [1.165, 1.54) is 18.5 Å². The minimum atomic E-state index is -0.813. The van der Waals surface area contributed by atoms with Gasteiger partial charge in [0, 0.05) is 36.6 Å². The Labute approximate surface area is 272 Å². The van der Waals surface area contributed by atoms with Crippen LogP contribution in [0.15, 0.2) is 85.5 Å². The zero-order chi connectivity index (χ0) is 32.6. The van der Waals surface area contributed by atoms with Gasteiger partial charge in [-0.3, -0.25) is 0 Å². The first-order valence-electron chi connectivity index (χ1n) is 14.9. The van der Waals surface area contributed by atoms with Crippen molar-refractivity contribution in [2.24, 2.45) is 0 Å². The number of aromatic nitrogens is 3. The summed E-state index contributed by atoms with van der Waals surface area (Å²) < 4.78 is 21.2. The van der Waals surface area contributed by atoms with Crippen molar-refractivity contribution in [2.45, 2.75) is 24.8 Å². The summed E-state index contributed by atoms with van der Waals surface area (Å²) in [6.45, 7) is 0.761. The van der Waals surface area contributed by atoms with Crippen molar-refractivity contribution < 1.29 is 24.4 Å². The molecule has 0 aliphatic heterocycles. The lowest BCUT2D eigenvalue weighted by Gasteiger charge is -2.33. The molecule has 0 amide bonds. The standard InChI is InChI=1S/C34H38ClFN6O4/c1-37-30(19-44)33(31(45)18-41(2)12-13-43)42-11-10-24(17-42)23-6-8-29-27(15-23)34(39-21-38-29)40-26-7-9-32(28(35)16-26)46-20-22-4-3-5-25(36)14-22/h3-11,14-17,21,30-31,33,37,43-45H,12-13,18-20H2,1-2H3,(H,38,39,40). The monoisotopic (exact) mass is 648 g/mol. The van der Waals surface area contributed by atoms with Gasteiger partial charge in [0.15, 0.2) is 0 Å². The maximum atomic E-state index is 13.5. The zero-order valence-electron chi connectivity index (χ0n) is 25.6. The van der Waals surface area contributed by atoms with Crippen molar-refractivity contribution in [1.82, 2.24) is 24.8 Å². The molecule has 0 fully saturated rings. The van der Waals surface area contributed by atoms with Crippen LogP contribution in [0, 0.1) is 5.82 Å². The number of likely N-dealkylation sites (N-methyl/N-ethyl adjacent to an activating group) is 2. The molecule has 0 spiro atoms. The highest BCUT2D eigenvalue weighted by molar-refractivity contribution is 6.32. The van der Waals surface area contributed by atoms with E-state index < -0.39 is 18.2 Å². The molecule has 3 atom stereocenters. The van der Waals surface area contributed by atoms with E-state index in [4.69, 9.17) is 16.3 Å². The first-order valence-corrected chi connectivity index (χ1v) is 15.3. The number of benzene rings is 3. The quantitative estimate of drug-likeness (QED) is 0.111. The number of nitrogens with one attached hydrogen (secondary N) is 2. The maximum absolute atomic E-state index is 13.5. The Hall–Kier alpha value is -4.10. The fourth-order valence-corrected chi connectivity index (χ4v) is 5.69. The summed E-state index contributed by atoms with van der Waals surface area (Å²) >= 11 is 6.53. The summed E-state index contributed by atoms with van der Waals surface area (Å²) in [4.78, 5) is 10.8. The molecule has 5 aromatic rings. The van der Waals surface area contributed by atoms with Gasteiger partial charge in [-0.1, -0.05) is 29.8 Å². The first kappa shape index (κ1) is 33.3. The second-order valence-corrected chi connectivity index (χ2v) is 11.5. The van der Waals surface area contributed by atoms with Gasteiger partial charge in [-0.25, -0.2) is 14.4 Å². The summed E-state index contributed by atoms with van der Waals surface area (Å²) in [7, 11) is 3.58. The van der Waals surface area contributed by atoms with Crippen LogP contribution in [0.1, 0.15) is 11.6 Å². The lowest BCUT2D eigenvalue weighted by molar-refractivity contribution is 0.0442. The fourth-order valence-electron chi connectivity index (χ4n) is 5.46. The molecule has 5 N–H and O–H groups in total. The molecule has 12 heteroatoms. The van der Waals surface area contributed by atoms with E-state index >= 15 is 0 Å². The van der Waals surface area contributed by atoms with E-state index in [1.54, 1.807) is 31.3 Å². The lowest BCUT2D eigenvalue weighted by Crippen LogP contribution is -2.47. The van der Waals surface area contributed by atoms with E-state index in [-0.39, 0.29) is 25.6 Å². The minimum Gasteiger partial charge on any atom is -0.487 e. The number of fused-ring (bicyclic) bond motifs is 1. The van der Waals surface area contributed by atoms with Crippen molar-refractivity contribution in [3.05, 3.63) is 102 Å². The van der Waals surface area contributed by atoms with Crippen molar-refractivity contribution in [3.8, 4) is 16.9 Å². The smallest absolute Gasteiger partial charge is 0.141 e. The van der Waals surface area contributed by atoms with Gasteiger partial charge in [-0.15, -0.1) is 0 Å². The highest BCUT2D eigenvalue weighted by atomic mass is 35.5. The molecule has 0 bridgehead atoms. The molecule has 3 unspecified atom stereocenters. The normalized spacial score (nSPS) is 13.6.